The van der Waals surface area contributed by atoms with Crippen molar-refractivity contribution >= 4 is 41.7 Å². The second-order valence-electron chi connectivity index (χ2n) is 16.8. The molecule has 2 fully saturated rings. The second kappa shape index (κ2) is 22.5. The molecule has 0 aromatic heterocycles. The lowest BCUT2D eigenvalue weighted by Crippen LogP contribution is -2.52. The summed E-state index contributed by atoms with van der Waals surface area (Å²) >= 11 is 0. The van der Waals surface area contributed by atoms with E-state index in [0.29, 0.717) is 19.4 Å². The standard InChI is InChI=1S/C28H28N2O4.C26H24N2O4.CO2/c1-2-29-24-16-10-9-15-22(24)23-17-25(27(31)33-18-20-11-5-3-6-12-20)30(26(23)29)28(32)34-19-21-13-7-4-8-14-21;29-25(31-16-18-9-3-1-4-10-18)23-15-21-20-13-7-8-14-22(20)27-24(21)28(23)26(30)32-17-19-11-5-2-6-12-19;2-1-3/h3-16,23,25-26H,2,17-19H2,1H3;1-14,21,23-24,27H,15-17H2;/t23-,25+,26-;21?,23-,24?;/m10./s1. The number of benzene rings is 6. The van der Waals surface area contributed by atoms with Crippen molar-refractivity contribution in [2.24, 2.45) is 0 Å². The van der Waals surface area contributed by atoms with Crippen LogP contribution in [0.5, 0.6) is 0 Å². The number of para-hydroxylation sites is 2. The molecule has 4 aliphatic rings. The predicted molar refractivity (Wildman–Crippen MR) is 254 cm³/mol. The first-order valence-corrected chi connectivity index (χ1v) is 22.9. The van der Waals surface area contributed by atoms with E-state index in [-0.39, 0.29) is 56.7 Å². The minimum atomic E-state index is -0.710. The van der Waals surface area contributed by atoms with Gasteiger partial charge in [-0.15, -0.1) is 0 Å². The molecule has 2 saturated heterocycles. The highest BCUT2D eigenvalue weighted by Gasteiger charge is 2.55. The fourth-order valence-corrected chi connectivity index (χ4v) is 9.65. The van der Waals surface area contributed by atoms with Gasteiger partial charge in [0.05, 0.1) is 0 Å². The van der Waals surface area contributed by atoms with Gasteiger partial charge in [-0.25, -0.2) is 19.2 Å². The molecule has 2 unspecified atom stereocenters. The van der Waals surface area contributed by atoms with Crippen LogP contribution >= 0.6 is 0 Å². The quantitative estimate of drug-likeness (QED) is 0.0971. The molecule has 69 heavy (non-hydrogen) atoms. The predicted octanol–water partition coefficient (Wildman–Crippen LogP) is 9.18. The number of hydrogen-bond donors (Lipinski definition) is 1. The van der Waals surface area contributed by atoms with Gasteiger partial charge in [0.15, 0.2) is 0 Å². The Labute approximate surface area is 400 Å². The summed E-state index contributed by atoms with van der Waals surface area (Å²) in [6.45, 7) is 3.42. The molecule has 0 saturated carbocycles. The number of esters is 2. The maximum atomic E-state index is 13.4. The summed E-state index contributed by atoms with van der Waals surface area (Å²) in [7, 11) is 0. The van der Waals surface area contributed by atoms with Crippen molar-refractivity contribution in [1.82, 2.24) is 9.80 Å². The summed E-state index contributed by atoms with van der Waals surface area (Å²) < 4.78 is 22.6. The van der Waals surface area contributed by atoms with Crippen molar-refractivity contribution in [2.75, 3.05) is 16.8 Å². The molecular formula is C55H52N4O10. The van der Waals surface area contributed by atoms with Gasteiger partial charge in [-0.2, -0.15) is 9.59 Å². The number of carbonyl (C=O) groups excluding carboxylic acids is 6. The summed E-state index contributed by atoms with van der Waals surface area (Å²) in [5, 5.41) is 3.40. The fourth-order valence-electron chi connectivity index (χ4n) is 9.65. The van der Waals surface area contributed by atoms with E-state index in [1.165, 1.54) is 4.90 Å². The van der Waals surface area contributed by atoms with E-state index in [9.17, 15) is 19.2 Å². The molecule has 352 valence electrons. The van der Waals surface area contributed by atoms with Gasteiger partial charge in [-0.05, 0) is 65.3 Å². The van der Waals surface area contributed by atoms with Crippen molar-refractivity contribution in [1.29, 1.82) is 0 Å². The van der Waals surface area contributed by atoms with E-state index in [2.05, 4.69) is 29.3 Å². The van der Waals surface area contributed by atoms with Gasteiger partial charge in [0, 0.05) is 29.8 Å². The highest BCUT2D eigenvalue weighted by Crippen LogP contribution is 2.50. The van der Waals surface area contributed by atoms with Crippen LogP contribution in [-0.4, -0.2) is 71.0 Å². The van der Waals surface area contributed by atoms with E-state index in [1.54, 1.807) is 4.90 Å². The van der Waals surface area contributed by atoms with Gasteiger partial charge in [0.25, 0.3) is 0 Å². The molecule has 4 heterocycles. The molecule has 0 aliphatic carbocycles. The Morgan fingerprint density at radius 2 is 0.899 bits per heavy atom. The molecule has 6 aromatic rings. The Morgan fingerprint density at radius 1 is 0.507 bits per heavy atom. The SMILES string of the molecule is CCN1c2ccccc2[C@H]2C[C@@H](C(=O)OCc3ccccc3)N(C(=O)OCc3ccccc3)[C@H]21.O=C(OCc1ccccc1)[C@@H]1CC2c3ccccc3NC2N1C(=O)OCc1ccccc1.O=C=O. The number of anilines is 2. The summed E-state index contributed by atoms with van der Waals surface area (Å²) in [4.78, 5) is 74.5. The molecule has 1 N–H and O–H groups in total. The maximum absolute atomic E-state index is 13.4. The number of likely N-dealkylation sites (N-methyl/N-ethyl adjacent to an activating group) is 1. The smallest absolute Gasteiger partial charge is 0.412 e. The van der Waals surface area contributed by atoms with E-state index >= 15 is 0 Å². The van der Waals surface area contributed by atoms with Crippen LogP contribution in [0.1, 0.15) is 65.0 Å². The average Bonchev–Trinajstić information content (AvgIpc) is 4.15. The van der Waals surface area contributed by atoms with Gasteiger partial charge >= 0.3 is 30.3 Å². The van der Waals surface area contributed by atoms with Crippen LogP contribution in [0.3, 0.4) is 0 Å². The molecule has 6 aromatic carbocycles. The van der Waals surface area contributed by atoms with E-state index in [0.717, 1.165) is 44.8 Å². The van der Waals surface area contributed by atoms with Crippen molar-refractivity contribution in [3.8, 4) is 0 Å². The number of nitrogens with zero attached hydrogens (tertiary/aromatic N) is 3. The van der Waals surface area contributed by atoms with Crippen LogP contribution in [0.25, 0.3) is 0 Å². The Hall–Kier alpha value is -8.22. The first-order valence-electron chi connectivity index (χ1n) is 22.9. The number of hydrogen-bond acceptors (Lipinski definition) is 12. The lowest BCUT2D eigenvalue weighted by atomic mass is 9.96. The summed E-state index contributed by atoms with van der Waals surface area (Å²) in [5.74, 6) is -0.790. The minimum absolute atomic E-state index is 0.00440. The Balaban J connectivity index is 0.000000176. The molecule has 14 heteroatoms. The first kappa shape index (κ1) is 47.3. The Kier molecular flexibility index (Phi) is 15.4. The summed E-state index contributed by atoms with van der Waals surface area (Å²) in [5.41, 5.74) is 7.97. The van der Waals surface area contributed by atoms with Gasteiger partial charge < -0.3 is 29.2 Å². The summed E-state index contributed by atoms with van der Waals surface area (Å²) in [6, 6.07) is 52.9. The van der Waals surface area contributed by atoms with Crippen molar-refractivity contribution in [3.63, 3.8) is 0 Å². The third-order valence-electron chi connectivity index (χ3n) is 12.7. The van der Waals surface area contributed by atoms with Crippen LogP contribution in [0, 0.1) is 0 Å². The largest absolute Gasteiger partial charge is 0.459 e. The lowest BCUT2D eigenvalue weighted by molar-refractivity contribution is -0.191. The third-order valence-corrected chi connectivity index (χ3v) is 12.7. The molecule has 10 rings (SSSR count). The summed E-state index contributed by atoms with van der Waals surface area (Å²) in [6.07, 6.45) is -0.396. The van der Waals surface area contributed by atoms with Crippen molar-refractivity contribution in [2.45, 2.75) is 82.4 Å². The zero-order chi connectivity index (χ0) is 48.1. The average molecular weight is 929 g/mol. The van der Waals surface area contributed by atoms with E-state index in [4.69, 9.17) is 28.5 Å². The van der Waals surface area contributed by atoms with Gasteiger partial charge in [0.2, 0.25) is 0 Å². The van der Waals surface area contributed by atoms with Gasteiger partial charge in [-0.3, -0.25) is 9.80 Å². The number of rotatable bonds is 11. The highest BCUT2D eigenvalue weighted by molar-refractivity contribution is 5.85. The van der Waals surface area contributed by atoms with Crippen LogP contribution in [0.4, 0.5) is 21.0 Å². The molecule has 6 atom stereocenters. The molecular weight excluding hydrogens is 877 g/mol. The topological polar surface area (TPSA) is 161 Å². The van der Waals surface area contributed by atoms with E-state index in [1.807, 2.05) is 158 Å². The van der Waals surface area contributed by atoms with Crippen LogP contribution < -0.4 is 10.2 Å². The number of amides is 2. The molecule has 14 nitrogen and oxygen atoms in total. The molecule has 4 aliphatic heterocycles. The maximum Gasteiger partial charge on any atom is 0.412 e. The normalized spacial score (nSPS) is 19.9. The van der Waals surface area contributed by atoms with Crippen molar-refractivity contribution < 1.29 is 47.7 Å². The highest BCUT2D eigenvalue weighted by atomic mass is 16.6. The number of carbonyl (C=O) groups is 4. The van der Waals surface area contributed by atoms with Gasteiger partial charge in [-0.1, -0.05) is 158 Å². The van der Waals surface area contributed by atoms with Crippen LogP contribution in [-0.2, 0) is 64.6 Å². The van der Waals surface area contributed by atoms with E-state index < -0.39 is 36.2 Å². The molecule has 2 amide bonds. The Bertz CT molecular complexity index is 2720. The lowest BCUT2D eigenvalue weighted by Gasteiger charge is -2.34. The number of ether oxygens (including phenoxy) is 4. The first-order chi connectivity index (χ1) is 33.8. The van der Waals surface area contributed by atoms with Crippen molar-refractivity contribution in [3.05, 3.63) is 203 Å². The molecule has 0 bridgehead atoms. The van der Waals surface area contributed by atoms with Gasteiger partial charge in [0.1, 0.15) is 50.8 Å². The third kappa shape index (κ3) is 10.8. The molecule has 0 spiro atoms. The number of nitrogens with one attached hydrogen (secondary N) is 1. The number of fused-ring (bicyclic) bond motifs is 6. The van der Waals surface area contributed by atoms with Crippen LogP contribution in [0.2, 0.25) is 0 Å². The Morgan fingerprint density at radius 3 is 1.39 bits per heavy atom. The fraction of sp³-hybridized carbons (Fsp3) is 0.255. The second-order valence-corrected chi connectivity index (χ2v) is 16.8. The van der Waals surface area contributed by atoms with Crippen LogP contribution in [0.15, 0.2) is 170 Å². The molecule has 0 radical (unpaired) electrons. The number of likely N-dealkylation sites (tertiary alicyclic amines) is 2. The zero-order valence-electron chi connectivity index (χ0n) is 38.0. The minimum Gasteiger partial charge on any atom is -0.459 e. The zero-order valence-corrected chi connectivity index (χ0v) is 38.0. The monoisotopic (exact) mass is 928 g/mol.